The van der Waals surface area contributed by atoms with Crippen molar-refractivity contribution in [1.82, 2.24) is 15.1 Å². The number of fused-ring (bicyclic) bond motifs is 1. The second kappa shape index (κ2) is 9.47. The highest BCUT2D eigenvalue weighted by molar-refractivity contribution is 6.30. The monoisotopic (exact) mass is 518 g/mol. The number of hydrogen-bond donors (Lipinski definition) is 1. The fraction of sp³-hybridized carbons (Fsp3) is 0.429. The van der Waals surface area contributed by atoms with Crippen LogP contribution >= 0.6 is 11.6 Å². The van der Waals surface area contributed by atoms with Gasteiger partial charge in [0.15, 0.2) is 0 Å². The SMILES string of the molecule is N#Cc1cc(Cl)ccc1C1CN(C2CCC[C@H]2Oc2ccc3c(c2)CN(C2CCC(=O)NC2=O)C3=O)C1. The van der Waals surface area contributed by atoms with E-state index in [1.165, 1.54) is 0 Å². The van der Waals surface area contributed by atoms with Crippen LogP contribution in [0.15, 0.2) is 36.4 Å². The zero-order valence-electron chi connectivity index (χ0n) is 20.3. The molecule has 37 heavy (non-hydrogen) atoms. The Bertz CT molecular complexity index is 1330. The number of piperidine rings is 1. The highest BCUT2D eigenvalue weighted by atomic mass is 35.5. The number of likely N-dealkylation sites (tertiary alicyclic amines) is 1. The summed E-state index contributed by atoms with van der Waals surface area (Å²) in [4.78, 5) is 40.8. The van der Waals surface area contributed by atoms with Crippen molar-refractivity contribution in [3.8, 4) is 11.8 Å². The third-order valence-corrected chi connectivity index (χ3v) is 8.39. The van der Waals surface area contributed by atoms with Gasteiger partial charge in [0, 0.05) is 48.6 Å². The van der Waals surface area contributed by atoms with Crippen molar-refractivity contribution in [1.29, 1.82) is 5.26 Å². The Morgan fingerprint density at radius 1 is 1.05 bits per heavy atom. The molecule has 3 heterocycles. The molecule has 4 aliphatic rings. The molecule has 9 heteroatoms. The number of hydrogen-bond acceptors (Lipinski definition) is 6. The lowest BCUT2D eigenvalue weighted by Gasteiger charge is -2.45. The van der Waals surface area contributed by atoms with Gasteiger partial charge in [-0.2, -0.15) is 5.26 Å². The first-order valence-electron chi connectivity index (χ1n) is 12.8. The fourth-order valence-corrected chi connectivity index (χ4v) is 6.39. The van der Waals surface area contributed by atoms with E-state index >= 15 is 0 Å². The summed E-state index contributed by atoms with van der Waals surface area (Å²) in [5.74, 6) is 0.170. The number of benzene rings is 2. The van der Waals surface area contributed by atoms with Crippen LogP contribution in [0.2, 0.25) is 5.02 Å². The van der Waals surface area contributed by atoms with Crippen LogP contribution in [0.3, 0.4) is 0 Å². The van der Waals surface area contributed by atoms with Gasteiger partial charge in [-0.3, -0.25) is 24.6 Å². The number of nitriles is 1. The molecule has 190 valence electrons. The third-order valence-electron chi connectivity index (χ3n) is 8.15. The Balaban J connectivity index is 1.11. The van der Waals surface area contributed by atoms with E-state index in [4.69, 9.17) is 16.3 Å². The summed E-state index contributed by atoms with van der Waals surface area (Å²) >= 11 is 6.06. The van der Waals surface area contributed by atoms with Gasteiger partial charge in [0.05, 0.1) is 11.6 Å². The molecule has 2 unspecified atom stereocenters. The topological polar surface area (TPSA) is 103 Å². The first-order chi connectivity index (χ1) is 17.9. The smallest absolute Gasteiger partial charge is 0.255 e. The van der Waals surface area contributed by atoms with E-state index in [0.717, 1.165) is 49.2 Å². The van der Waals surface area contributed by atoms with Crippen LogP contribution in [-0.2, 0) is 16.1 Å². The molecule has 3 amide bonds. The maximum absolute atomic E-state index is 13.0. The van der Waals surface area contributed by atoms with Crippen LogP contribution in [0, 0.1) is 11.3 Å². The minimum absolute atomic E-state index is 0.0583. The number of halogens is 1. The van der Waals surface area contributed by atoms with E-state index in [-0.39, 0.29) is 24.3 Å². The second-order valence-corrected chi connectivity index (χ2v) is 10.8. The summed E-state index contributed by atoms with van der Waals surface area (Å²) in [7, 11) is 0. The molecular weight excluding hydrogens is 492 g/mol. The number of rotatable bonds is 5. The average molecular weight is 519 g/mol. The zero-order valence-corrected chi connectivity index (χ0v) is 21.0. The Labute approximate surface area is 220 Å². The van der Waals surface area contributed by atoms with Gasteiger partial charge in [-0.05, 0) is 67.1 Å². The highest BCUT2D eigenvalue weighted by Crippen LogP contribution is 2.38. The van der Waals surface area contributed by atoms with Gasteiger partial charge in [0.25, 0.3) is 5.91 Å². The molecule has 0 radical (unpaired) electrons. The van der Waals surface area contributed by atoms with Crippen LogP contribution in [0.4, 0.5) is 0 Å². The lowest BCUT2D eigenvalue weighted by molar-refractivity contribution is -0.136. The van der Waals surface area contributed by atoms with Crippen molar-refractivity contribution in [2.45, 2.75) is 62.8 Å². The minimum Gasteiger partial charge on any atom is -0.489 e. The highest BCUT2D eigenvalue weighted by Gasteiger charge is 2.42. The molecule has 3 aliphatic heterocycles. The maximum Gasteiger partial charge on any atom is 0.255 e. The second-order valence-electron chi connectivity index (χ2n) is 10.4. The molecule has 6 rings (SSSR count). The van der Waals surface area contributed by atoms with Crippen molar-refractivity contribution in [3.63, 3.8) is 0 Å². The number of carbonyl (C=O) groups is 3. The third kappa shape index (κ3) is 4.36. The largest absolute Gasteiger partial charge is 0.489 e. The first-order valence-corrected chi connectivity index (χ1v) is 13.2. The Morgan fingerprint density at radius 2 is 1.89 bits per heavy atom. The number of nitrogens with zero attached hydrogens (tertiary/aromatic N) is 3. The molecule has 1 aliphatic carbocycles. The average Bonchev–Trinajstić information content (AvgIpc) is 3.43. The van der Waals surface area contributed by atoms with Crippen molar-refractivity contribution in [3.05, 3.63) is 63.7 Å². The molecule has 3 fully saturated rings. The Kier molecular flexibility index (Phi) is 6.13. The summed E-state index contributed by atoms with van der Waals surface area (Å²) < 4.78 is 6.46. The summed E-state index contributed by atoms with van der Waals surface area (Å²) in [5, 5.41) is 12.4. The molecule has 1 saturated carbocycles. The van der Waals surface area contributed by atoms with E-state index < -0.39 is 11.9 Å². The maximum atomic E-state index is 13.0. The summed E-state index contributed by atoms with van der Waals surface area (Å²) in [6, 6.07) is 13.1. The first kappa shape index (κ1) is 24.0. The van der Waals surface area contributed by atoms with E-state index in [0.29, 0.717) is 41.1 Å². The van der Waals surface area contributed by atoms with Crippen molar-refractivity contribution in [2.75, 3.05) is 13.1 Å². The number of carbonyl (C=O) groups excluding carboxylic acids is 3. The molecule has 1 N–H and O–H groups in total. The molecule has 2 saturated heterocycles. The van der Waals surface area contributed by atoms with E-state index in [1.54, 1.807) is 17.0 Å². The van der Waals surface area contributed by atoms with Gasteiger partial charge in [-0.25, -0.2) is 0 Å². The standard InChI is InChI=1S/C28H27ClN4O4/c29-19-4-6-21(16(10-19)12-30)18-13-32(14-18)23-2-1-3-25(23)37-20-5-7-22-17(11-20)15-33(28(22)36)24-8-9-26(34)31-27(24)35/h4-7,10-11,18,23-25H,1-3,8-9,13-15H2,(H,31,34,35)/t23?,24?,25-/m1/s1. The molecule has 0 aromatic heterocycles. The minimum atomic E-state index is -0.622. The molecule has 2 aromatic carbocycles. The lowest BCUT2D eigenvalue weighted by atomic mass is 9.86. The van der Waals surface area contributed by atoms with Crippen LogP contribution in [-0.4, -0.2) is 58.8 Å². The van der Waals surface area contributed by atoms with Gasteiger partial charge in [0.2, 0.25) is 11.8 Å². The van der Waals surface area contributed by atoms with Gasteiger partial charge in [-0.1, -0.05) is 17.7 Å². The number of ether oxygens (including phenoxy) is 1. The molecule has 2 aromatic rings. The predicted molar refractivity (Wildman–Crippen MR) is 135 cm³/mol. The molecule has 3 atom stereocenters. The summed E-state index contributed by atoms with van der Waals surface area (Å²) in [6.07, 6.45) is 3.77. The number of nitrogens with one attached hydrogen (secondary N) is 1. The Morgan fingerprint density at radius 3 is 2.68 bits per heavy atom. The molecular formula is C28H27ClN4O4. The van der Waals surface area contributed by atoms with Crippen molar-refractivity contribution in [2.24, 2.45) is 0 Å². The Hall–Kier alpha value is -3.41. The number of amides is 3. The summed E-state index contributed by atoms with van der Waals surface area (Å²) in [6.45, 7) is 2.11. The van der Waals surface area contributed by atoms with Gasteiger partial charge >= 0.3 is 0 Å². The van der Waals surface area contributed by atoms with Gasteiger partial charge in [0.1, 0.15) is 17.9 Å². The van der Waals surface area contributed by atoms with E-state index in [9.17, 15) is 19.6 Å². The van der Waals surface area contributed by atoms with Crippen LogP contribution < -0.4 is 10.1 Å². The molecule has 8 nitrogen and oxygen atoms in total. The molecule has 0 bridgehead atoms. The van der Waals surface area contributed by atoms with Crippen molar-refractivity contribution < 1.29 is 19.1 Å². The number of imide groups is 1. The zero-order chi connectivity index (χ0) is 25.7. The van der Waals surface area contributed by atoms with Crippen LogP contribution in [0.25, 0.3) is 0 Å². The lowest BCUT2D eigenvalue weighted by Crippen LogP contribution is -2.54. The fourth-order valence-electron chi connectivity index (χ4n) is 6.22. The summed E-state index contributed by atoms with van der Waals surface area (Å²) in [5.41, 5.74) is 3.14. The predicted octanol–water partition coefficient (Wildman–Crippen LogP) is 3.37. The van der Waals surface area contributed by atoms with Crippen LogP contribution in [0.1, 0.15) is 65.1 Å². The van der Waals surface area contributed by atoms with Gasteiger partial charge < -0.3 is 9.64 Å². The molecule has 0 spiro atoms. The van der Waals surface area contributed by atoms with Gasteiger partial charge in [-0.15, -0.1) is 0 Å². The van der Waals surface area contributed by atoms with E-state index in [2.05, 4.69) is 16.3 Å². The normalized spacial score (nSPS) is 26.0. The van der Waals surface area contributed by atoms with Crippen LogP contribution in [0.5, 0.6) is 5.75 Å². The quantitative estimate of drug-likeness (QED) is 0.609. The van der Waals surface area contributed by atoms with Crippen molar-refractivity contribution >= 4 is 29.3 Å². The van der Waals surface area contributed by atoms with E-state index in [1.807, 2.05) is 24.3 Å².